The molecular formula is C13H22O3. The van der Waals surface area contributed by atoms with Gasteiger partial charge in [-0.15, -0.1) is 0 Å². The smallest absolute Gasteiger partial charge is 0.310 e. The molecule has 3 nitrogen and oxygen atoms in total. The maximum absolute atomic E-state index is 11.6. The third kappa shape index (κ3) is 1.97. The predicted octanol–water partition coefficient (Wildman–Crippen LogP) is 2.69. The van der Waals surface area contributed by atoms with Crippen LogP contribution in [-0.2, 0) is 9.53 Å². The van der Waals surface area contributed by atoms with Crippen molar-refractivity contribution in [2.45, 2.75) is 45.4 Å². The van der Waals surface area contributed by atoms with Gasteiger partial charge in [0, 0.05) is 12.5 Å². The number of ether oxygens (including phenoxy) is 1. The van der Waals surface area contributed by atoms with Crippen LogP contribution in [0.1, 0.15) is 45.4 Å². The molecule has 1 unspecified atom stereocenters. The van der Waals surface area contributed by atoms with E-state index >= 15 is 0 Å². The number of rotatable bonds is 3. The van der Waals surface area contributed by atoms with Crippen molar-refractivity contribution in [1.82, 2.24) is 0 Å². The summed E-state index contributed by atoms with van der Waals surface area (Å²) in [5.74, 6) is 0.412. The molecule has 1 N–H and O–H groups in total. The Labute approximate surface area is 97.2 Å². The monoisotopic (exact) mass is 226 g/mol. The van der Waals surface area contributed by atoms with Crippen molar-refractivity contribution in [2.75, 3.05) is 13.2 Å². The molecule has 0 bridgehead atoms. The standard InChI is InChI=1S/C13H22O3/c1-2-10-3-6-13(7-4-10,12(14)15)11-5-8-16-9-11/h10-11H,2-9H2,1H3,(H,14,15). The molecule has 1 heterocycles. The molecule has 1 saturated carbocycles. The molecule has 2 aliphatic rings. The minimum atomic E-state index is -0.586. The molecule has 0 amide bonds. The highest BCUT2D eigenvalue weighted by Crippen LogP contribution is 2.48. The first-order chi connectivity index (χ1) is 7.69. The molecule has 1 atom stereocenters. The fourth-order valence-corrected chi connectivity index (χ4v) is 3.37. The summed E-state index contributed by atoms with van der Waals surface area (Å²) in [6.45, 7) is 3.61. The van der Waals surface area contributed by atoms with E-state index in [1.807, 2.05) is 0 Å². The Kier molecular flexibility index (Phi) is 3.53. The summed E-state index contributed by atoms with van der Waals surface area (Å²) in [6.07, 6.45) is 6.00. The summed E-state index contributed by atoms with van der Waals surface area (Å²) in [4.78, 5) is 11.6. The van der Waals surface area contributed by atoms with E-state index in [1.165, 1.54) is 6.42 Å². The topological polar surface area (TPSA) is 46.5 Å². The van der Waals surface area contributed by atoms with Gasteiger partial charge < -0.3 is 9.84 Å². The second kappa shape index (κ2) is 4.74. The summed E-state index contributed by atoms with van der Waals surface area (Å²) >= 11 is 0. The molecule has 2 rings (SSSR count). The van der Waals surface area contributed by atoms with E-state index in [-0.39, 0.29) is 5.92 Å². The van der Waals surface area contributed by atoms with Gasteiger partial charge in [-0.25, -0.2) is 0 Å². The fraction of sp³-hybridized carbons (Fsp3) is 0.923. The minimum absolute atomic E-state index is 0.253. The average Bonchev–Trinajstić information content (AvgIpc) is 2.82. The highest BCUT2D eigenvalue weighted by molar-refractivity contribution is 5.75. The van der Waals surface area contributed by atoms with Crippen LogP contribution in [0.4, 0.5) is 0 Å². The molecular weight excluding hydrogens is 204 g/mol. The predicted molar refractivity (Wildman–Crippen MR) is 61.2 cm³/mol. The largest absolute Gasteiger partial charge is 0.481 e. The Hall–Kier alpha value is -0.570. The first kappa shape index (κ1) is 11.9. The Bertz CT molecular complexity index is 248. The van der Waals surface area contributed by atoms with Gasteiger partial charge in [0.05, 0.1) is 12.0 Å². The first-order valence-electron chi connectivity index (χ1n) is 6.50. The molecule has 92 valence electrons. The Morgan fingerprint density at radius 3 is 2.50 bits per heavy atom. The van der Waals surface area contributed by atoms with Crippen molar-refractivity contribution in [2.24, 2.45) is 17.3 Å². The van der Waals surface area contributed by atoms with E-state index in [9.17, 15) is 9.90 Å². The maximum atomic E-state index is 11.6. The van der Waals surface area contributed by atoms with Crippen molar-refractivity contribution in [3.63, 3.8) is 0 Å². The number of hydrogen-bond acceptors (Lipinski definition) is 2. The van der Waals surface area contributed by atoms with Gasteiger partial charge in [-0.2, -0.15) is 0 Å². The lowest BCUT2D eigenvalue weighted by Crippen LogP contribution is -2.42. The van der Waals surface area contributed by atoms with E-state index in [1.54, 1.807) is 0 Å². The van der Waals surface area contributed by atoms with E-state index < -0.39 is 11.4 Å². The van der Waals surface area contributed by atoms with Gasteiger partial charge in [0.1, 0.15) is 0 Å². The number of carbonyl (C=O) groups is 1. The molecule has 0 aromatic carbocycles. The molecule has 0 radical (unpaired) electrons. The van der Waals surface area contributed by atoms with Crippen molar-refractivity contribution in [3.8, 4) is 0 Å². The number of carboxylic acids is 1. The highest BCUT2D eigenvalue weighted by atomic mass is 16.5. The summed E-state index contributed by atoms with van der Waals surface area (Å²) in [5.41, 5.74) is -0.470. The van der Waals surface area contributed by atoms with Crippen LogP contribution in [-0.4, -0.2) is 24.3 Å². The van der Waals surface area contributed by atoms with Crippen LogP contribution in [0.15, 0.2) is 0 Å². The zero-order valence-corrected chi connectivity index (χ0v) is 10.1. The van der Waals surface area contributed by atoms with Gasteiger partial charge in [0.2, 0.25) is 0 Å². The zero-order chi connectivity index (χ0) is 11.6. The molecule has 1 aliphatic carbocycles. The number of aliphatic carboxylic acids is 1. The van der Waals surface area contributed by atoms with E-state index in [4.69, 9.17) is 4.74 Å². The summed E-state index contributed by atoms with van der Waals surface area (Å²) in [5, 5.41) is 9.55. The highest BCUT2D eigenvalue weighted by Gasteiger charge is 2.48. The van der Waals surface area contributed by atoms with E-state index in [0.717, 1.165) is 44.6 Å². The van der Waals surface area contributed by atoms with Crippen LogP contribution in [0, 0.1) is 17.3 Å². The summed E-state index contributed by atoms with van der Waals surface area (Å²) < 4.78 is 5.38. The third-order valence-electron chi connectivity index (χ3n) is 4.71. The molecule has 1 saturated heterocycles. The normalized spacial score (nSPS) is 39.8. The Morgan fingerprint density at radius 1 is 1.38 bits per heavy atom. The number of carboxylic acid groups (broad SMARTS) is 1. The molecule has 0 spiro atoms. The molecule has 1 aliphatic heterocycles. The molecule has 0 aromatic heterocycles. The van der Waals surface area contributed by atoms with Crippen LogP contribution in [0.2, 0.25) is 0 Å². The van der Waals surface area contributed by atoms with Crippen LogP contribution in [0.5, 0.6) is 0 Å². The molecule has 2 fully saturated rings. The average molecular weight is 226 g/mol. The fourth-order valence-electron chi connectivity index (χ4n) is 3.37. The number of hydrogen-bond donors (Lipinski definition) is 1. The first-order valence-corrected chi connectivity index (χ1v) is 6.50. The lowest BCUT2D eigenvalue weighted by atomic mass is 9.63. The lowest BCUT2D eigenvalue weighted by Gasteiger charge is -2.40. The Balaban J connectivity index is 2.08. The van der Waals surface area contributed by atoms with E-state index in [2.05, 4.69) is 6.92 Å². The van der Waals surface area contributed by atoms with Crippen LogP contribution in [0.25, 0.3) is 0 Å². The van der Waals surface area contributed by atoms with Crippen molar-refractivity contribution >= 4 is 5.97 Å². The van der Waals surface area contributed by atoms with Gasteiger partial charge in [-0.3, -0.25) is 4.79 Å². The molecule has 16 heavy (non-hydrogen) atoms. The van der Waals surface area contributed by atoms with Gasteiger partial charge in [-0.1, -0.05) is 13.3 Å². The summed E-state index contributed by atoms with van der Waals surface area (Å²) in [6, 6.07) is 0. The van der Waals surface area contributed by atoms with Crippen molar-refractivity contribution in [3.05, 3.63) is 0 Å². The van der Waals surface area contributed by atoms with Crippen molar-refractivity contribution < 1.29 is 14.6 Å². The van der Waals surface area contributed by atoms with Crippen LogP contribution in [0.3, 0.4) is 0 Å². The second-order valence-corrected chi connectivity index (χ2v) is 5.37. The summed E-state index contributed by atoms with van der Waals surface area (Å²) in [7, 11) is 0. The van der Waals surface area contributed by atoms with Gasteiger partial charge in [0.15, 0.2) is 0 Å². The molecule has 0 aromatic rings. The zero-order valence-electron chi connectivity index (χ0n) is 10.1. The lowest BCUT2D eigenvalue weighted by molar-refractivity contribution is -0.156. The van der Waals surface area contributed by atoms with Gasteiger partial charge >= 0.3 is 5.97 Å². The third-order valence-corrected chi connectivity index (χ3v) is 4.71. The van der Waals surface area contributed by atoms with E-state index in [0.29, 0.717) is 6.61 Å². The van der Waals surface area contributed by atoms with Crippen LogP contribution < -0.4 is 0 Å². The minimum Gasteiger partial charge on any atom is -0.481 e. The second-order valence-electron chi connectivity index (χ2n) is 5.37. The quantitative estimate of drug-likeness (QED) is 0.804. The SMILES string of the molecule is CCC1CCC(C(=O)O)(C2CCOC2)CC1. The Morgan fingerprint density at radius 2 is 2.06 bits per heavy atom. The van der Waals surface area contributed by atoms with Crippen molar-refractivity contribution in [1.29, 1.82) is 0 Å². The maximum Gasteiger partial charge on any atom is 0.310 e. The van der Waals surface area contributed by atoms with Gasteiger partial charge in [-0.05, 0) is 38.0 Å². The molecule has 3 heteroatoms. The van der Waals surface area contributed by atoms with Crippen LogP contribution >= 0.6 is 0 Å². The van der Waals surface area contributed by atoms with Gasteiger partial charge in [0.25, 0.3) is 0 Å².